The zero-order chi connectivity index (χ0) is 13.1. The molecule has 0 aliphatic heterocycles. The van der Waals surface area contributed by atoms with Gasteiger partial charge in [0.05, 0.1) is 0 Å². The normalized spacial score (nSPS) is 11.8. The van der Waals surface area contributed by atoms with Gasteiger partial charge in [-0.3, -0.25) is 0 Å². The van der Waals surface area contributed by atoms with E-state index in [0.717, 1.165) is 11.8 Å². The lowest BCUT2D eigenvalue weighted by atomic mass is 10.3. The fourth-order valence-corrected chi connectivity index (χ4v) is 2.43. The van der Waals surface area contributed by atoms with Crippen molar-refractivity contribution in [3.8, 4) is 0 Å². The van der Waals surface area contributed by atoms with Crippen molar-refractivity contribution in [2.45, 2.75) is 13.5 Å². The van der Waals surface area contributed by atoms with Gasteiger partial charge in [-0.25, -0.2) is 13.8 Å². The first kappa shape index (κ1) is 12.7. The van der Waals surface area contributed by atoms with E-state index in [1.54, 1.807) is 6.08 Å². The highest BCUT2D eigenvalue weighted by molar-refractivity contribution is 7.07. The molecule has 0 aliphatic carbocycles. The van der Waals surface area contributed by atoms with Crippen LogP contribution in [0.15, 0.2) is 41.2 Å². The summed E-state index contributed by atoms with van der Waals surface area (Å²) in [5.41, 5.74) is 1.16. The van der Waals surface area contributed by atoms with E-state index in [1.807, 2.05) is 16.9 Å². The van der Waals surface area contributed by atoms with Crippen LogP contribution in [0.1, 0.15) is 5.69 Å². The van der Waals surface area contributed by atoms with Crippen molar-refractivity contribution in [2.24, 2.45) is 4.99 Å². The van der Waals surface area contributed by atoms with Crippen LogP contribution >= 0.6 is 11.3 Å². The van der Waals surface area contributed by atoms with Crippen LogP contribution in [0.5, 0.6) is 0 Å². The molecule has 0 saturated carbocycles. The molecule has 0 spiro atoms. The van der Waals surface area contributed by atoms with Gasteiger partial charge in [-0.15, -0.1) is 17.9 Å². The average molecular weight is 266 g/mol. The summed E-state index contributed by atoms with van der Waals surface area (Å²) in [5.74, 6) is -1.26. The lowest BCUT2D eigenvalue weighted by Gasteiger charge is -2.01. The van der Waals surface area contributed by atoms with Gasteiger partial charge in [0.1, 0.15) is 11.5 Å². The Morgan fingerprint density at radius 2 is 2.22 bits per heavy atom. The third-order valence-electron chi connectivity index (χ3n) is 2.43. The topological polar surface area (TPSA) is 17.3 Å². The van der Waals surface area contributed by atoms with Crippen molar-refractivity contribution >= 4 is 17.0 Å². The molecule has 0 unspecified atom stereocenters. The molecule has 94 valence electrons. The number of allylic oxidation sites excluding steroid dienone is 1. The molecule has 1 aromatic heterocycles. The zero-order valence-electron chi connectivity index (χ0n) is 9.86. The van der Waals surface area contributed by atoms with Crippen LogP contribution in [-0.4, -0.2) is 4.57 Å². The number of nitrogens with zero attached hydrogens (tertiary/aromatic N) is 2. The third-order valence-corrected chi connectivity index (χ3v) is 3.41. The first-order chi connectivity index (χ1) is 8.61. The summed E-state index contributed by atoms with van der Waals surface area (Å²) in [4.78, 5) is 4.88. The van der Waals surface area contributed by atoms with Crippen molar-refractivity contribution in [1.29, 1.82) is 0 Å². The number of halogens is 2. The molecule has 0 aliphatic rings. The number of aromatic nitrogens is 1. The molecule has 2 aromatic rings. The Bertz CT molecular complexity index is 641. The summed E-state index contributed by atoms with van der Waals surface area (Å²) in [6.45, 7) is 6.23. The lowest BCUT2D eigenvalue weighted by Crippen LogP contribution is -2.15. The second-order valence-corrected chi connectivity index (χ2v) is 4.60. The van der Waals surface area contributed by atoms with E-state index < -0.39 is 11.6 Å². The largest absolute Gasteiger partial charge is 0.317 e. The smallest absolute Gasteiger partial charge is 0.190 e. The first-order valence-electron chi connectivity index (χ1n) is 5.37. The number of aryl methyl sites for hydroxylation is 1. The number of rotatable bonds is 3. The van der Waals surface area contributed by atoms with Crippen LogP contribution in [0.4, 0.5) is 14.5 Å². The van der Waals surface area contributed by atoms with E-state index >= 15 is 0 Å². The minimum absolute atomic E-state index is 0.135. The molecule has 1 aromatic carbocycles. The highest BCUT2D eigenvalue weighted by atomic mass is 32.1. The maximum atomic E-state index is 13.5. The van der Waals surface area contributed by atoms with E-state index in [-0.39, 0.29) is 5.69 Å². The van der Waals surface area contributed by atoms with Gasteiger partial charge in [-0.2, -0.15) is 0 Å². The van der Waals surface area contributed by atoms with Gasteiger partial charge in [0.15, 0.2) is 10.6 Å². The zero-order valence-corrected chi connectivity index (χ0v) is 10.7. The molecule has 0 atom stereocenters. The fourth-order valence-electron chi connectivity index (χ4n) is 1.53. The Kier molecular flexibility index (Phi) is 3.72. The van der Waals surface area contributed by atoms with Gasteiger partial charge in [-0.05, 0) is 19.1 Å². The number of hydrogen-bond acceptors (Lipinski definition) is 2. The van der Waals surface area contributed by atoms with Gasteiger partial charge in [0, 0.05) is 23.7 Å². The Labute approximate surface area is 108 Å². The monoisotopic (exact) mass is 266 g/mol. The molecule has 18 heavy (non-hydrogen) atoms. The van der Waals surface area contributed by atoms with E-state index in [4.69, 9.17) is 0 Å². The van der Waals surface area contributed by atoms with Crippen LogP contribution < -0.4 is 4.80 Å². The first-order valence-corrected chi connectivity index (χ1v) is 6.25. The third kappa shape index (κ3) is 2.56. The molecule has 0 N–H and O–H groups in total. The summed E-state index contributed by atoms with van der Waals surface area (Å²) in [5, 5.41) is 1.93. The Balaban J connectivity index is 2.53. The predicted molar refractivity (Wildman–Crippen MR) is 68.8 cm³/mol. The predicted octanol–water partition coefficient (Wildman–Crippen LogP) is 3.55. The van der Waals surface area contributed by atoms with Gasteiger partial charge in [0.25, 0.3) is 0 Å². The summed E-state index contributed by atoms with van der Waals surface area (Å²) in [6, 6.07) is 3.36. The van der Waals surface area contributed by atoms with Gasteiger partial charge < -0.3 is 4.57 Å². The van der Waals surface area contributed by atoms with Crippen molar-refractivity contribution in [3.63, 3.8) is 0 Å². The standard InChI is InChI=1S/C13H12F2N2S/c1-3-6-17-9(2)8-18-13(17)16-12-5-4-10(14)7-11(12)15/h3-5,7-8H,1,6H2,2H3. The molecular formula is C13H12F2N2S. The summed E-state index contributed by atoms with van der Waals surface area (Å²) in [7, 11) is 0. The SMILES string of the molecule is C=CCn1c(C)csc1=Nc1ccc(F)cc1F. The molecule has 2 nitrogen and oxygen atoms in total. The highest BCUT2D eigenvalue weighted by Crippen LogP contribution is 2.18. The maximum Gasteiger partial charge on any atom is 0.190 e. The van der Waals surface area contributed by atoms with Crippen molar-refractivity contribution in [2.75, 3.05) is 0 Å². The van der Waals surface area contributed by atoms with Crippen LogP contribution in [-0.2, 0) is 6.54 Å². The Morgan fingerprint density at radius 3 is 2.89 bits per heavy atom. The van der Waals surface area contributed by atoms with Gasteiger partial charge in [-0.1, -0.05) is 6.08 Å². The summed E-state index contributed by atoms with van der Waals surface area (Å²) in [6.07, 6.45) is 1.75. The molecule has 0 amide bonds. The van der Waals surface area contributed by atoms with E-state index in [1.165, 1.54) is 23.5 Å². The molecular weight excluding hydrogens is 254 g/mol. The molecule has 0 saturated heterocycles. The molecule has 0 radical (unpaired) electrons. The van der Waals surface area contributed by atoms with Gasteiger partial charge >= 0.3 is 0 Å². The number of thiazole rings is 1. The second-order valence-electron chi connectivity index (χ2n) is 3.77. The van der Waals surface area contributed by atoms with Crippen LogP contribution in [0.3, 0.4) is 0 Å². The van der Waals surface area contributed by atoms with Crippen molar-refractivity contribution in [3.05, 3.63) is 58.4 Å². The summed E-state index contributed by atoms with van der Waals surface area (Å²) < 4.78 is 28.2. The molecule has 5 heteroatoms. The van der Waals surface area contributed by atoms with Crippen molar-refractivity contribution in [1.82, 2.24) is 4.57 Å². The van der Waals surface area contributed by atoms with Gasteiger partial charge in [0.2, 0.25) is 0 Å². The minimum atomic E-state index is -0.661. The van der Waals surface area contributed by atoms with E-state index in [9.17, 15) is 8.78 Å². The van der Waals surface area contributed by atoms with Crippen LogP contribution in [0.2, 0.25) is 0 Å². The van der Waals surface area contributed by atoms with E-state index in [0.29, 0.717) is 11.3 Å². The number of benzene rings is 1. The van der Waals surface area contributed by atoms with Crippen LogP contribution in [0, 0.1) is 18.6 Å². The van der Waals surface area contributed by atoms with Crippen molar-refractivity contribution < 1.29 is 8.78 Å². The Morgan fingerprint density at radius 1 is 1.44 bits per heavy atom. The fraction of sp³-hybridized carbons (Fsp3) is 0.154. The maximum absolute atomic E-state index is 13.5. The molecule has 2 rings (SSSR count). The lowest BCUT2D eigenvalue weighted by molar-refractivity contribution is 0.584. The minimum Gasteiger partial charge on any atom is -0.317 e. The molecule has 0 fully saturated rings. The number of hydrogen-bond donors (Lipinski definition) is 0. The molecule has 1 heterocycles. The summed E-state index contributed by atoms with van der Waals surface area (Å²) >= 11 is 1.41. The molecule has 0 bridgehead atoms. The quantitative estimate of drug-likeness (QED) is 0.756. The van der Waals surface area contributed by atoms with Crippen LogP contribution in [0.25, 0.3) is 0 Å². The highest BCUT2D eigenvalue weighted by Gasteiger charge is 2.04. The van der Waals surface area contributed by atoms with E-state index in [2.05, 4.69) is 11.6 Å². The Hall–Kier alpha value is -1.75. The second kappa shape index (κ2) is 5.27. The average Bonchev–Trinajstić information content (AvgIpc) is 2.66.